The van der Waals surface area contributed by atoms with Gasteiger partial charge in [-0.05, 0) is 44.8 Å². The van der Waals surface area contributed by atoms with Crippen molar-refractivity contribution in [2.24, 2.45) is 0 Å². The van der Waals surface area contributed by atoms with Crippen molar-refractivity contribution in [2.75, 3.05) is 20.6 Å². The van der Waals surface area contributed by atoms with Crippen LogP contribution in [0, 0.1) is 0 Å². The number of carbonyl (C=O) groups is 1. The molecule has 0 bridgehead atoms. The molecule has 0 aromatic heterocycles. The Morgan fingerprint density at radius 3 is 2.43 bits per heavy atom. The van der Waals surface area contributed by atoms with E-state index in [0.717, 1.165) is 23.4 Å². The number of hydrogen-bond acceptors (Lipinski definition) is 3. The fraction of sp³-hybridized carbons (Fsp3) is 0.278. The molecule has 1 aliphatic rings. The zero-order valence-corrected chi connectivity index (χ0v) is 13.2. The lowest BCUT2D eigenvalue weighted by atomic mass is 9.88. The summed E-state index contributed by atoms with van der Waals surface area (Å²) in [5, 5.41) is 0. The average molecular weight is 297 g/mol. The molecular formula is C18H19NOS. The lowest BCUT2D eigenvalue weighted by Crippen LogP contribution is -2.20. The quantitative estimate of drug-likeness (QED) is 0.852. The summed E-state index contributed by atoms with van der Waals surface area (Å²) >= 11 is 1.71. The largest absolute Gasteiger partial charge is 0.309 e. The fourth-order valence-corrected chi connectivity index (χ4v) is 3.88. The number of fused-ring (bicyclic) bond motifs is 2. The van der Waals surface area contributed by atoms with Crippen LogP contribution in [-0.2, 0) is 0 Å². The van der Waals surface area contributed by atoms with Gasteiger partial charge < -0.3 is 4.90 Å². The van der Waals surface area contributed by atoms with Crippen LogP contribution in [0.4, 0.5) is 0 Å². The second-order valence-corrected chi connectivity index (χ2v) is 6.73. The summed E-state index contributed by atoms with van der Waals surface area (Å²) in [5.74, 6) is 0.213. The zero-order valence-electron chi connectivity index (χ0n) is 12.4. The van der Waals surface area contributed by atoms with Gasteiger partial charge in [0, 0.05) is 21.3 Å². The Hall–Kier alpha value is -1.58. The fourth-order valence-electron chi connectivity index (χ4n) is 2.74. The van der Waals surface area contributed by atoms with Gasteiger partial charge >= 0.3 is 0 Å². The summed E-state index contributed by atoms with van der Waals surface area (Å²) in [6.45, 7) is 0.914. The van der Waals surface area contributed by atoms with Crippen molar-refractivity contribution < 1.29 is 4.79 Å². The Morgan fingerprint density at radius 2 is 1.67 bits per heavy atom. The molecule has 0 radical (unpaired) electrons. The van der Waals surface area contributed by atoms with Gasteiger partial charge in [-0.15, -0.1) is 0 Å². The number of Topliss-reactive ketones (excluding diaryl/α,β-unsaturated/α-hetero) is 1. The van der Waals surface area contributed by atoms with Crippen LogP contribution in [0.1, 0.15) is 28.3 Å². The summed E-state index contributed by atoms with van der Waals surface area (Å²) in [5.41, 5.74) is 2.04. The third kappa shape index (κ3) is 2.89. The molecule has 0 aliphatic carbocycles. The highest BCUT2D eigenvalue weighted by atomic mass is 32.2. The van der Waals surface area contributed by atoms with Crippen LogP contribution in [0.2, 0.25) is 0 Å². The first-order chi connectivity index (χ1) is 10.2. The van der Waals surface area contributed by atoms with Gasteiger partial charge in [0.05, 0.1) is 0 Å². The second kappa shape index (κ2) is 6.04. The predicted octanol–water partition coefficient (Wildman–Crippen LogP) is 4.07. The van der Waals surface area contributed by atoms with Gasteiger partial charge in [0.1, 0.15) is 0 Å². The summed E-state index contributed by atoms with van der Waals surface area (Å²) in [6, 6.07) is 16.3. The first kappa shape index (κ1) is 14.4. The van der Waals surface area contributed by atoms with Crippen LogP contribution in [0.15, 0.2) is 58.3 Å². The third-order valence-electron chi connectivity index (χ3n) is 3.85. The van der Waals surface area contributed by atoms with E-state index in [1.165, 1.54) is 10.5 Å². The van der Waals surface area contributed by atoms with E-state index < -0.39 is 0 Å². The molecule has 2 aromatic carbocycles. The maximum Gasteiger partial charge on any atom is 0.171 e. The Bertz CT molecular complexity index is 666. The van der Waals surface area contributed by atoms with Crippen LogP contribution < -0.4 is 0 Å². The molecule has 1 atom stereocenters. The number of ketones is 1. The number of benzene rings is 2. The van der Waals surface area contributed by atoms with Gasteiger partial charge in [0.25, 0.3) is 0 Å². The first-order valence-electron chi connectivity index (χ1n) is 7.21. The summed E-state index contributed by atoms with van der Waals surface area (Å²) < 4.78 is 0. The van der Waals surface area contributed by atoms with E-state index in [1.807, 2.05) is 36.4 Å². The van der Waals surface area contributed by atoms with Gasteiger partial charge in [0.15, 0.2) is 5.78 Å². The van der Waals surface area contributed by atoms with Crippen LogP contribution in [0.5, 0.6) is 0 Å². The molecule has 2 nitrogen and oxygen atoms in total. The highest BCUT2D eigenvalue weighted by Gasteiger charge is 2.29. The molecule has 1 heterocycles. The minimum absolute atomic E-state index is 0.0419. The summed E-state index contributed by atoms with van der Waals surface area (Å²) in [4.78, 5) is 17.4. The molecule has 0 amide bonds. The molecule has 2 aromatic rings. The van der Waals surface area contributed by atoms with Crippen molar-refractivity contribution in [1.29, 1.82) is 0 Å². The molecule has 1 unspecified atom stereocenters. The molecule has 0 N–H and O–H groups in total. The highest BCUT2D eigenvalue weighted by molar-refractivity contribution is 7.99. The van der Waals surface area contributed by atoms with Crippen molar-refractivity contribution >= 4 is 17.5 Å². The normalized spacial score (nSPS) is 17.3. The van der Waals surface area contributed by atoms with Crippen LogP contribution in [-0.4, -0.2) is 31.3 Å². The van der Waals surface area contributed by atoms with Gasteiger partial charge in [-0.2, -0.15) is 0 Å². The van der Waals surface area contributed by atoms with Crippen molar-refractivity contribution in [3.05, 3.63) is 59.7 Å². The summed E-state index contributed by atoms with van der Waals surface area (Å²) in [6.07, 6.45) is 0.859. The molecule has 3 rings (SSSR count). The zero-order chi connectivity index (χ0) is 14.8. The molecule has 0 fully saturated rings. The van der Waals surface area contributed by atoms with Gasteiger partial charge in [-0.25, -0.2) is 0 Å². The third-order valence-corrected chi connectivity index (χ3v) is 5.02. The van der Waals surface area contributed by atoms with Crippen molar-refractivity contribution in [1.82, 2.24) is 4.90 Å². The van der Waals surface area contributed by atoms with E-state index >= 15 is 0 Å². The van der Waals surface area contributed by atoms with Crippen molar-refractivity contribution in [3.63, 3.8) is 0 Å². The molecule has 21 heavy (non-hydrogen) atoms. The molecular weight excluding hydrogens is 278 g/mol. The number of nitrogens with zero attached hydrogens (tertiary/aromatic N) is 1. The maximum atomic E-state index is 13.0. The van der Waals surface area contributed by atoms with E-state index in [2.05, 4.69) is 31.1 Å². The van der Waals surface area contributed by atoms with E-state index in [4.69, 9.17) is 0 Å². The van der Waals surface area contributed by atoms with Crippen LogP contribution >= 0.6 is 11.8 Å². The van der Waals surface area contributed by atoms with Crippen molar-refractivity contribution in [3.8, 4) is 0 Å². The Labute approximate surface area is 130 Å². The van der Waals surface area contributed by atoms with Gasteiger partial charge in [-0.1, -0.05) is 48.2 Å². The molecule has 1 aliphatic heterocycles. The number of hydrogen-bond donors (Lipinski definition) is 0. The lowest BCUT2D eigenvalue weighted by Gasteiger charge is -2.18. The first-order valence-corrected chi connectivity index (χ1v) is 8.03. The van der Waals surface area contributed by atoms with Crippen LogP contribution in [0.25, 0.3) is 0 Å². The van der Waals surface area contributed by atoms with Gasteiger partial charge in [-0.3, -0.25) is 4.79 Å². The predicted molar refractivity (Wildman–Crippen MR) is 87.2 cm³/mol. The molecule has 0 spiro atoms. The van der Waals surface area contributed by atoms with Crippen LogP contribution in [0.3, 0.4) is 0 Å². The molecule has 108 valence electrons. The number of rotatable bonds is 3. The van der Waals surface area contributed by atoms with E-state index in [0.29, 0.717) is 0 Å². The standard InChI is InChI=1S/C18H19NOS/c1-19(2)12-11-14-13-7-3-5-9-16(13)21-17-10-6-4-8-15(17)18(14)20/h3-10,14H,11-12H2,1-2H3. The molecule has 0 saturated heterocycles. The maximum absolute atomic E-state index is 13.0. The second-order valence-electron chi connectivity index (χ2n) is 5.64. The van der Waals surface area contributed by atoms with Crippen molar-refractivity contribution in [2.45, 2.75) is 22.1 Å². The Kier molecular flexibility index (Phi) is 4.13. The Morgan fingerprint density at radius 1 is 1.00 bits per heavy atom. The average Bonchev–Trinajstić information content (AvgIpc) is 2.60. The van der Waals surface area contributed by atoms with E-state index in [9.17, 15) is 4.79 Å². The molecule has 0 saturated carbocycles. The Balaban J connectivity index is 2.07. The van der Waals surface area contributed by atoms with E-state index in [1.54, 1.807) is 11.8 Å². The highest BCUT2D eigenvalue weighted by Crippen LogP contribution is 2.42. The SMILES string of the molecule is CN(C)CCC1C(=O)c2ccccc2Sc2ccccc21. The molecule has 3 heteroatoms. The monoisotopic (exact) mass is 297 g/mol. The van der Waals surface area contributed by atoms with E-state index in [-0.39, 0.29) is 11.7 Å². The lowest BCUT2D eigenvalue weighted by molar-refractivity contribution is 0.0948. The minimum Gasteiger partial charge on any atom is -0.309 e. The number of carbonyl (C=O) groups excluding carboxylic acids is 1. The van der Waals surface area contributed by atoms with Gasteiger partial charge in [0.2, 0.25) is 0 Å². The minimum atomic E-state index is -0.0419. The topological polar surface area (TPSA) is 20.3 Å². The summed E-state index contributed by atoms with van der Waals surface area (Å²) in [7, 11) is 4.10. The smallest absolute Gasteiger partial charge is 0.171 e.